The van der Waals surface area contributed by atoms with Crippen LogP contribution in [-0.2, 0) is 0 Å². The fourth-order valence-corrected chi connectivity index (χ4v) is 0.566. The summed E-state index contributed by atoms with van der Waals surface area (Å²) in [7, 11) is 0. The summed E-state index contributed by atoms with van der Waals surface area (Å²) in [6, 6.07) is 0. The lowest BCUT2D eigenvalue weighted by molar-refractivity contribution is -0.359. The highest BCUT2D eigenvalue weighted by Gasteiger charge is 2.79. The number of alkyl halides is 8. The van der Waals surface area contributed by atoms with Crippen LogP contribution in [0.25, 0.3) is 0 Å². The smallest absolute Gasteiger partial charge is 0.380 e. The summed E-state index contributed by atoms with van der Waals surface area (Å²) in [5.74, 6) is -23.8. The van der Waals surface area contributed by atoms with E-state index in [0.29, 0.717) is 0 Å². The van der Waals surface area contributed by atoms with Gasteiger partial charge in [-0.25, -0.2) is 0 Å². The lowest BCUT2D eigenvalue weighted by Gasteiger charge is -2.34. The number of aliphatic hydroxyl groups excluding tert-OH is 1. The maximum Gasteiger partial charge on any atom is 0.380 e. The molecule has 0 heterocycles. The zero-order valence-electron chi connectivity index (χ0n) is 7.05. The number of aliphatic hydroxyl groups is 1. The summed E-state index contributed by atoms with van der Waals surface area (Å²) in [6.45, 7) is -2.18. The first-order valence-corrected chi connectivity index (χ1v) is 3.31. The molecule has 0 spiro atoms. The monoisotopic (exact) mass is 245 g/mol. The molecular weight excluding hydrogens is 240 g/mol. The summed E-state index contributed by atoms with van der Waals surface area (Å²) in [5, 5.41) is 7.63. The van der Waals surface area contributed by atoms with Crippen molar-refractivity contribution in [1.82, 2.24) is 0 Å². The normalized spacial score (nSPS) is 15.6. The van der Waals surface area contributed by atoms with Crippen molar-refractivity contribution in [1.29, 1.82) is 0 Å². The van der Waals surface area contributed by atoms with Crippen molar-refractivity contribution in [3.05, 3.63) is 6.61 Å². The second kappa shape index (κ2) is 3.46. The highest BCUT2D eigenvalue weighted by Crippen LogP contribution is 2.52. The Balaban J connectivity index is 5.38. The number of hydrogen-bond acceptors (Lipinski definition) is 1. The quantitative estimate of drug-likeness (QED) is 0.754. The van der Waals surface area contributed by atoms with Crippen LogP contribution in [0.15, 0.2) is 0 Å². The van der Waals surface area contributed by atoms with Crippen molar-refractivity contribution in [2.24, 2.45) is 0 Å². The van der Waals surface area contributed by atoms with Crippen LogP contribution in [0.3, 0.4) is 0 Å². The van der Waals surface area contributed by atoms with Gasteiger partial charge in [-0.2, -0.15) is 35.1 Å². The molecule has 0 saturated heterocycles. The molecular formula is C6H5F8O. The minimum atomic E-state index is -6.40. The molecule has 1 N–H and O–H groups in total. The van der Waals surface area contributed by atoms with E-state index in [1.165, 1.54) is 0 Å². The van der Waals surface area contributed by atoms with Gasteiger partial charge in [0.25, 0.3) is 0 Å². The lowest BCUT2D eigenvalue weighted by atomic mass is 10.0. The fraction of sp³-hybridized carbons (Fsp3) is 0.833. The summed E-state index contributed by atoms with van der Waals surface area (Å²) in [6.07, 6.45) is 0. The minimum absolute atomic E-state index is 0.631. The van der Waals surface area contributed by atoms with Crippen LogP contribution in [0.1, 0.15) is 6.92 Å². The molecule has 0 unspecified atom stereocenters. The van der Waals surface area contributed by atoms with E-state index in [0.717, 1.165) is 0 Å². The summed E-state index contributed by atoms with van der Waals surface area (Å²) < 4.78 is 97.4. The predicted octanol–water partition coefficient (Wildman–Crippen LogP) is 3.08. The Labute approximate surface area is 78.7 Å². The molecule has 1 radical (unpaired) electrons. The standard InChI is InChI=1S/C6H5F8O/c1-3(7,8)5(11,12)6(13,14)4(9,10)2-15/h2,15H,1H3. The third-order valence-electron chi connectivity index (χ3n) is 1.53. The van der Waals surface area contributed by atoms with Crippen molar-refractivity contribution >= 4 is 0 Å². The molecule has 0 rings (SSSR count). The van der Waals surface area contributed by atoms with E-state index in [4.69, 9.17) is 5.11 Å². The second-order valence-corrected chi connectivity index (χ2v) is 2.79. The van der Waals surface area contributed by atoms with Crippen molar-refractivity contribution in [3.8, 4) is 0 Å². The van der Waals surface area contributed by atoms with E-state index in [2.05, 4.69) is 0 Å². The molecule has 0 amide bonds. The molecule has 0 aromatic heterocycles. The maximum atomic E-state index is 12.3. The van der Waals surface area contributed by atoms with E-state index >= 15 is 0 Å². The summed E-state index contributed by atoms with van der Waals surface area (Å²) >= 11 is 0. The molecule has 15 heavy (non-hydrogen) atoms. The topological polar surface area (TPSA) is 20.2 Å². The Morgan fingerprint density at radius 1 is 0.800 bits per heavy atom. The summed E-state index contributed by atoms with van der Waals surface area (Å²) in [5.41, 5.74) is 0. The first kappa shape index (κ1) is 14.4. The molecule has 0 atom stereocenters. The van der Waals surface area contributed by atoms with Crippen LogP contribution >= 0.6 is 0 Å². The van der Waals surface area contributed by atoms with Gasteiger partial charge >= 0.3 is 23.7 Å². The molecule has 0 bridgehead atoms. The Bertz CT molecular complexity index is 230. The molecule has 0 aliphatic carbocycles. The Morgan fingerprint density at radius 2 is 1.13 bits per heavy atom. The molecule has 0 saturated carbocycles. The lowest BCUT2D eigenvalue weighted by Crippen LogP contribution is -2.61. The van der Waals surface area contributed by atoms with Gasteiger partial charge in [0, 0.05) is 6.92 Å². The zero-order chi connectivity index (χ0) is 12.7. The van der Waals surface area contributed by atoms with Crippen molar-refractivity contribution in [3.63, 3.8) is 0 Å². The predicted molar refractivity (Wildman–Crippen MR) is 31.7 cm³/mol. The second-order valence-electron chi connectivity index (χ2n) is 2.79. The van der Waals surface area contributed by atoms with Gasteiger partial charge in [0.2, 0.25) is 0 Å². The van der Waals surface area contributed by atoms with Gasteiger partial charge in [-0.3, -0.25) is 0 Å². The first-order chi connectivity index (χ1) is 6.31. The van der Waals surface area contributed by atoms with Crippen LogP contribution in [0, 0.1) is 6.61 Å². The third kappa shape index (κ3) is 2.01. The molecule has 0 aliphatic rings. The van der Waals surface area contributed by atoms with Crippen LogP contribution in [0.4, 0.5) is 35.1 Å². The molecule has 0 fully saturated rings. The first-order valence-electron chi connectivity index (χ1n) is 3.31. The maximum absolute atomic E-state index is 12.3. The van der Waals surface area contributed by atoms with Gasteiger partial charge in [-0.05, 0) is 0 Å². The average molecular weight is 245 g/mol. The highest BCUT2D eigenvalue weighted by atomic mass is 19.4. The SMILES string of the molecule is CC(F)(F)C(F)(F)C(F)(F)C(F)(F)[CH]O. The van der Waals surface area contributed by atoms with Gasteiger partial charge in [0.05, 0.1) is 0 Å². The summed E-state index contributed by atoms with van der Waals surface area (Å²) in [4.78, 5) is 0. The van der Waals surface area contributed by atoms with Gasteiger partial charge in [0.1, 0.15) is 0 Å². The number of rotatable bonds is 4. The van der Waals surface area contributed by atoms with Gasteiger partial charge < -0.3 is 5.11 Å². The average Bonchev–Trinajstić information content (AvgIpc) is 2.01. The van der Waals surface area contributed by atoms with Crippen LogP contribution in [0.5, 0.6) is 0 Å². The number of hydrogen-bond donors (Lipinski definition) is 1. The molecule has 91 valence electrons. The minimum Gasteiger partial charge on any atom is -0.384 e. The molecule has 1 nitrogen and oxygen atoms in total. The highest BCUT2D eigenvalue weighted by molar-refractivity contribution is 5.04. The third-order valence-corrected chi connectivity index (χ3v) is 1.53. The Morgan fingerprint density at radius 3 is 1.33 bits per heavy atom. The van der Waals surface area contributed by atoms with Crippen molar-refractivity contribution in [2.45, 2.75) is 30.6 Å². The fourth-order valence-electron chi connectivity index (χ4n) is 0.566. The van der Waals surface area contributed by atoms with E-state index in [1.54, 1.807) is 0 Å². The van der Waals surface area contributed by atoms with Gasteiger partial charge in [-0.1, -0.05) is 0 Å². The van der Waals surface area contributed by atoms with E-state index in [1.807, 2.05) is 0 Å². The van der Waals surface area contributed by atoms with E-state index < -0.39 is 37.2 Å². The Hall–Kier alpha value is -0.600. The van der Waals surface area contributed by atoms with E-state index in [-0.39, 0.29) is 0 Å². The zero-order valence-corrected chi connectivity index (χ0v) is 7.05. The van der Waals surface area contributed by atoms with Gasteiger partial charge in [0.15, 0.2) is 6.61 Å². The Kier molecular flexibility index (Phi) is 3.32. The van der Waals surface area contributed by atoms with Crippen LogP contribution < -0.4 is 0 Å². The van der Waals surface area contributed by atoms with Crippen LogP contribution in [-0.4, -0.2) is 28.8 Å². The van der Waals surface area contributed by atoms with E-state index in [9.17, 15) is 35.1 Å². The van der Waals surface area contributed by atoms with Crippen molar-refractivity contribution in [2.75, 3.05) is 0 Å². The largest absolute Gasteiger partial charge is 0.384 e. The number of halogens is 8. The molecule has 9 heteroatoms. The molecule has 0 aliphatic heterocycles. The van der Waals surface area contributed by atoms with Crippen molar-refractivity contribution < 1.29 is 40.2 Å². The van der Waals surface area contributed by atoms with Crippen LogP contribution in [0.2, 0.25) is 0 Å². The molecule has 0 aromatic rings. The van der Waals surface area contributed by atoms with Gasteiger partial charge in [-0.15, -0.1) is 0 Å². The molecule has 0 aromatic carbocycles.